The van der Waals surface area contributed by atoms with Gasteiger partial charge in [-0.3, -0.25) is 9.59 Å². The van der Waals surface area contributed by atoms with E-state index >= 15 is 0 Å². The van der Waals surface area contributed by atoms with Crippen LogP contribution in [0.3, 0.4) is 0 Å². The Hall–Kier alpha value is -2.96. The van der Waals surface area contributed by atoms with Gasteiger partial charge in [-0.25, -0.2) is 8.78 Å². The molecule has 2 amide bonds. The highest BCUT2D eigenvalue weighted by Crippen LogP contribution is 2.45. The number of amides is 2. The number of likely N-dealkylation sites (tertiary alicyclic amines) is 2. The summed E-state index contributed by atoms with van der Waals surface area (Å²) in [7, 11) is 0. The SMILES string of the molecule is O=C(C[C@]1(COc2ccc(F)cc2)CCCN(C(=O)C2(c3cccc(F)c3)CCCC2)C1)N1CCCCC1. The third-order valence-corrected chi connectivity index (χ3v) is 8.79. The second-order valence-corrected chi connectivity index (χ2v) is 11.5. The maximum atomic E-state index is 14.2. The molecule has 0 radical (unpaired) electrons. The zero-order valence-electron chi connectivity index (χ0n) is 22.1. The third kappa shape index (κ3) is 5.71. The summed E-state index contributed by atoms with van der Waals surface area (Å²) in [4.78, 5) is 31.6. The average molecular weight is 525 g/mol. The molecule has 2 saturated heterocycles. The van der Waals surface area contributed by atoms with E-state index in [0.29, 0.717) is 38.1 Å². The Morgan fingerprint density at radius 2 is 1.50 bits per heavy atom. The van der Waals surface area contributed by atoms with Crippen LogP contribution >= 0.6 is 0 Å². The Labute approximate surface area is 224 Å². The van der Waals surface area contributed by atoms with E-state index in [1.165, 1.54) is 24.3 Å². The number of hydrogen-bond acceptors (Lipinski definition) is 3. The van der Waals surface area contributed by atoms with Crippen LogP contribution in [0.25, 0.3) is 0 Å². The van der Waals surface area contributed by atoms with Crippen LogP contribution in [0, 0.1) is 17.0 Å². The van der Waals surface area contributed by atoms with Crippen LogP contribution in [0.2, 0.25) is 0 Å². The molecule has 3 fully saturated rings. The van der Waals surface area contributed by atoms with E-state index in [0.717, 1.165) is 63.6 Å². The molecule has 38 heavy (non-hydrogen) atoms. The van der Waals surface area contributed by atoms with Crippen molar-refractivity contribution in [3.05, 3.63) is 65.7 Å². The van der Waals surface area contributed by atoms with Gasteiger partial charge in [0, 0.05) is 38.0 Å². The lowest BCUT2D eigenvalue weighted by molar-refractivity contribution is -0.145. The molecule has 2 aliphatic heterocycles. The quantitative estimate of drug-likeness (QED) is 0.455. The van der Waals surface area contributed by atoms with Crippen LogP contribution in [0.4, 0.5) is 8.78 Å². The first-order valence-corrected chi connectivity index (χ1v) is 14.1. The molecule has 5 rings (SSSR count). The molecular weight excluding hydrogens is 486 g/mol. The monoisotopic (exact) mass is 524 g/mol. The standard InChI is InChI=1S/C31H38F2N2O3/c32-25-10-12-27(13-11-25)38-23-30(21-28(36)34-17-4-1-5-18-34)14-7-19-35(22-30)29(37)31(15-2-3-16-31)24-8-6-9-26(33)20-24/h6,8-13,20H,1-5,7,14-19,21-23H2/t30-/m1/s1. The zero-order valence-corrected chi connectivity index (χ0v) is 22.1. The van der Waals surface area contributed by atoms with Crippen LogP contribution in [-0.2, 0) is 15.0 Å². The minimum atomic E-state index is -0.722. The van der Waals surface area contributed by atoms with Crippen molar-refractivity contribution >= 4 is 11.8 Å². The van der Waals surface area contributed by atoms with E-state index in [2.05, 4.69) is 0 Å². The molecule has 0 aromatic heterocycles. The molecule has 0 unspecified atom stereocenters. The fraction of sp³-hybridized carbons (Fsp3) is 0.548. The molecule has 2 aromatic rings. The van der Waals surface area contributed by atoms with Gasteiger partial charge >= 0.3 is 0 Å². The molecule has 1 atom stereocenters. The van der Waals surface area contributed by atoms with E-state index in [-0.39, 0.29) is 30.1 Å². The van der Waals surface area contributed by atoms with E-state index in [4.69, 9.17) is 4.74 Å². The largest absolute Gasteiger partial charge is 0.493 e. The van der Waals surface area contributed by atoms with E-state index in [9.17, 15) is 18.4 Å². The molecule has 0 N–H and O–H groups in total. The van der Waals surface area contributed by atoms with Gasteiger partial charge in [0.05, 0.1) is 12.0 Å². The molecule has 1 aliphatic carbocycles. The molecule has 5 nitrogen and oxygen atoms in total. The van der Waals surface area contributed by atoms with Crippen molar-refractivity contribution in [3.8, 4) is 5.75 Å². The summed E-state index contributed by atoms with van der Waals surface area (Å²) in [5.41, 5.74) is -0.513. The Kier molecular flexibility index (Phi) is 8.01. The number of ether oxygens (including phenoxy) is 1. The maximum Gasteiger partial charge on any atom is 0.233 e. The van der Waals surface area contributed by atoms with Crippen molar-refractivity contribution in [2.24, 2.45) is 5.41 Å². The number of hydrogen-bond donors (Lipinski definition) is 0. The van der Waals surface area contributed by atoms with Gasteiger partial charge in [0.25, 0.3) is 0 Å². The Morgan fingerprint density at radius 3 is 2.21 bits per heavy atom. The lowest BCUT2D eigenvalue weighted by Gasteiger charge is -2.46. The Balaban J connectivity index is 1.39. The number of carbonyl (C=O) groups excluding carboxylic acids is 2. The van der Waals surface area contributed by atoms with Crippen molar-refractivity contribution in [1.82, 2.24) is 9.80 Å². The number of benzene rings is 2. The fourth-order valence-electron chi connectivity index (χ4n) is 6.73. The minimum Gasteiger partial charge on any atom is -0.493 e. The zero-order chi connectivity index (χ0) is 26.6. The molecule has 2 heterocycles. The first kappa shape index (κ1) is 26.6. The molecule has 1 saturated carbocycles. The van der Waals surface area contributed by atoms with Crippen LogP contribution < -0.4 is 4.74 Å². The van der Waals surface area contributed by atoms with Crippen molar-refractivity contribution in [3.63, 3.8) is 0 Å². The van der Waals surface area contributed by atoms with E-state index in [1.54, 1.807) is 18.2 Å². The summed E-state index contributed by atoms with van der Waals surface area (Å²) in [5, 5.41) is 0. The summed E-state index contributed by atoms with van der Waals surface area (Å²) >= 11 is 0. The predicted octanol–water partition coefficient (Wildman–Crippen LogP) is 5.87. The summed E-state index contributed by atoms with van der Waals surface area (Å²) < 4.78 is 33.8. The smallest absolute Gasteiger partial charge is 0.233 e. The fourth-order valence-corrected chi connectivity index (χ4v) is 6.73. The normalized spacial score (nSPS) is 23.3. The van der Waals surface area contributed by atoms with Crippen LogP contribution in [0.1, 0.15) is 69.8 Å². The highest BCUT2D eigenvalue weighted by Gasteiger charge is 2.48. The average Bonchev–Trinajstić information content (AvgIpc) is 3.44. The number of nitrogens with zero attached hydrogens (tertiary/aromatic N) is 2. The lowest BCUT2D eigenvalue weighted by Crippen LogP contribution is -2.55. The van der Waals surface area contributed by atoms with Crippen LogP contribution in [0.15, 0.2) is 48.5 Å². The van der Waals surface area contributed by atoms with Crippen LogP contribution in [-0.4, -0.2) is 54.4 Å². The van der Waals surface area contributed by atoms with Crippen LogP contribution in [0.5, 0.6) is 5.75 Å². The summed E-state index contributed by atoms with van der Waals surface area (Å²) in [6, 6.07) is 12.4. The molecule has 2 aromatic carbocycles. The minimum absolute atomic E-state index is 0.0388. The summed E-state index contributed by atoms with van der Waals surface area (Å²) in [6.45, 7) is 2.86. The number of rotatable bonds is 7. The molecule has 204 valence electrons. The van der Waals surface area contributed by atoms with Crippen molar-refractivity contribution in [2.75, 3.05) is 32.8 Å². The van der Waals surface area contributed by atoms with Gasteiger partial charge < -0.3 is 14.5 Å². The first-order chi connectivity index (χ1) is 18.4. The van der Waals surface area contributed by atoms with Gasteiger partial charge in [-0.05, 0) is 86.9 Å². The molecule has 0 spiro atoms. The van der Waals surface area contributed by atoms with E-state index in [1.807, 2.05) is 15.9 Å². The van der Waals surface area contributed by atoms with Gasteiger partial charge in [-0.15, -0.1) is 0 Å². The maximum absolute atomic E-state index is 14.2. The molecular formula is C31H38F2N2O3. The van der Waals surface area contributed by atoms with E-state index < -0.39 is 10.8 Å². The van der Waals surface area contributed by atoms with Gasteiger partial charge in [-0.1, -0.05) is 25.0 Å². The number of halogens is 2. The third-order valence-electron chi connectivity index (χ3n) is 8.79. The van der Waals surface area contributed by atoms with Gasteiger partial charge in [0.1, 0.15) is 17.4 Å². The number of piperidine rings is 2. The van der Waals surface area contributed by atoms with Crippen molar-refractivity contribution < 1.29 is 23.1 Å². The van der Waals surface area contributed by atoms with Crippen molar-refractivity contribution in [1.29, 1.82) is 0 Å². The second kappa shape index (κ2) is 11.4. The Morgan fingerprint density at radius 1 is 0.789 bits per heavy atom. The van der Waals surface area contributed by atoms with Gasteiger partial charge in [0.2, 0.25) is 11.8 Å². The molecule has 0 bridgehead atoms. The van der Waals surface area contributed by atoms with Gasteiger partial charge in [0.15, 0.2) is 0 Å². The second-order valence-electron chi connectivity index (χ2n) is 11.5. The topological polar surface area (TPSA) is 49.9 Å². The van der Waals surface area contributed by atoms with Gasteiger partial charge in [-0.2, -0.15) is 0 Å². The highest BCUT2D eigenvalue weighted by molar-refractivity contribution is 5.89. The summed E-state index contributed by atoms with van der Waals surface area (Å²) in [6.07, 6.45) is 8.31. The number of carbonyl (C=O) groups is 2. The van der Waals surface area contributed by atoms with Crippen molar-refractivity contribution in [2.45, 2.75) is 69.6 Å². The molecule has 7 heteroatoms. The first-order valence-electron chi connectivity index (χ1n) is 14.1. The molecule has 3 aliphatic rings. The lowest BCUT2D eigenvalue weighted by atomic mass is 9.74. The highest BCUT2D eigenvalue weighted by atomic mass is 19.1. The summed E-state index contributed by atoms with van der Waals surface area (Å²) in [5.74, 6) is 0.0429. The predicted molar refractivity (Wildman–Crippen MR) is 142 cm³/mol. The Bertz CT molecular complexity index is 1130.